The maximum Gasteiger partial charge on any atom is 0.0257 e. The van der Waals surface area contributed by atoms with Crippen molar-refractivity contribution in [2.45, 2.75) is 45.4 Å². The molecule has 0 saturated heterocycles. The fourth-order valence-corrected chi connectivity index (χ4v) is 3.30. The summed E-state index contributed by atoms with van der Waals surface area (Å²) >= 11 is 5.91. The zero-order valence-corrected chi connectivity index (χ0v) is 8.74. The van der Waals surface area contributed by atoms with Gasteiger partial charge in [0.05, 0.1) is 0 Å². The summed E-state index contributed by atoms with van der Waals surface area (Å²) in [5, 5.41) is 0. The van der Waals surface area contributed by atoms with Crippen LogP contribution in [0.25, 0.3) is 0 Å². The quantitative estimate of drug-likeness (QED) is 0.546. The van der Waals surface area contributed by atoms with Gasteiger partial charge in [-0.1, -0.05) is 26.2 Å². The van der Waals surface area contributed by atoms with Gasteiger partial charge in [0.15, 0.2) is 0 Å². The van der Waals surface area contributed by atoms with E-state index in [4.69, 9.17) is 11.6 Å². The number of hydrogen-bond donors (Lipinski definition) is 0. The smallest absolute Gasteiger partial charge is 0.0257 e. The Hall–Kier alpha value is 0.290. The largest absolute Gasteiger partial charge is 0.126 e. The second-order valence-corrected chi connectivity index (χ2v) is 5.26. The van der Waals surface area contributed by atoms with Gasteiger partial charge in [0.2, 0.25) is 0 Å². The van der Waals surface area contributed by atoms with Crippen LogP contribution in [0.1, 0.15) is 45.4 Å². The van der Waals surface area contributed by atoms with E-state index in [2.05, 4.69) is 6.92 Å². The van der Waals surface area contributed by atoms with Crippen molar-refractivity contribution in [3.63, 3.8) is 0 Å². The molecule has 0 heterocycles. The van der Waals surface area contributed by atoms with E-state index in [1.165, 1.54) is 38.5 Å². The highest BCUT2D eigenvalue weighted by Gasteiger charge is 2.52. The van der Waals surface area contributed by atoms with Gasteiger partial charge in [0, 0.05) is 5.88 Å². The van der Waals surface area contributed by atoms with Gasteiger partial charge in [-0.3, -0.25) is 0 Å². The molecule has 2 rings (SSSR count). The number of hydrogen-bond acceptors (Lipinski definition) is 0. The molecule has 0 aromatic carbocycles. The molecule has 0 aromatic rings. The molecule has 3 unspecified atom stereocenters. The first-order valence-electron chi connectivity index (χ1n) is 5.33. The Morgan fingerprint density at radius 1 is 1.33 bits per heavy atom. The average Bonchev–Trinajstić information content (AvgIpc) is 2.79. The standard InChI is InChI=1S/C11H19Cl/c1-9-3-2-5-11(6-4-9)7-10(11)8-12/h9-10H,2-8H2,1H3. The summed E-state index contributed by atoms with van der Waals surface area (Å²) in [5.41, 5.74) is 0.729. The lowest BCUT2D eigenvalue weighted by atomic mass is 9.94. The van der Waals surface area contributed by atoms with Crippen LogP contribution >= 0.6 is 11.6 Å². The van der Waals surface area contributed by atoms with Crippen molar-refractivity contribution in [2.75, 3.05) is 5.88 Å². The molecule has 2 fully saturated rings. The second kappa shape index (κ2) is 3.21. The van der Waals surface area contributed by atoms with E-state index in [0.717, 1.165) is 23.1 Å². The maximum absolute atomic E-state index is 5.91. The molecular formula is C11H19Cl. The van der Waals surface area contributed by atoms with Crippen LogP contribution in [0, 0.1) is 17.3 Å². The predicted octanol–water partition coefficient (Wildman–Crippen LogP) is 3.83. The fraction of sp³-hybridized carbons (Fsp3) is 1.00. The minimum absolute atomic E-state index is 0.729. The first-order valence-corrected chi connectivity index (χ1v) is 5.86. The Labute approximate surface area is 80.7 Å². The van der Waals surface area contributed by atoms with Crippen LogP contribution in [-0.2, 0) is 0 Å². The normalized spacial score (nSPS) is 47.5. The molecular weight excluding hydrogens is 168 g/mol. The minimum Gasteiger partial charge on any atom is -0.126 e. The summed E-state index contributed by atoms with van der Waals surface area (Å²) in [6.07, 6.45) is 8.72. The molecule has 0 N–H and O–H groups in total. The highest BCUT2D eigenvalue weighted by Crippen LogP contribution is 2.61. The van der Waals surface area contributed by atoms with Gasteiger partial charge in [0.25, 0.3) is 0 Å². The molecule has 1 heteroatoms. The SMILES string of the molecule is CC1CCCC2(CC1)CC2CCl. The van der Waals surface area contributed by atoms with E-state index in [-0.39, 0.29) is 0 Å². The van der Waals surface area contributed by atoms with Crippen LogP contribution in [-0.4, -0.2) is 5.88 Å². The molecule has 0 radical (unpaired) electrons. The Morgan fingerprint density at radius 3 is 2.83 bits per heavy atom. The van der Waals surface area contributed by atoms with Crippen LogP contribution in [0.2, 0.25) is 0 Å². The molecule has 0 aromatic heterocycles. The van der Waals surface area contributed by atoms with Crippen LogP contribution < -0.4 is 0 Å². The van der Waals surface area contributed by atoms with Crippen LogP contribution in [0.5, 0.6) is 0 Å². The molecule has 3 atom stereocenters. The van der Waals surface area contributed by atoms with Crippen molar-refractivity contribution in [3.8, 4) is 0 Å². The molecule has 0 bridgehead atoms. The monoisotopic (exact) mass is 186 g/mol. The minimum atomic E-state index is 0.729. The summed E-state index contributed by atoms with van der Waals surface area (Å²) < 4.78 is 0. The van der Waals surface area contributed by atoms with E-state index in [1.807, 2.05) is 0 Å². The highest BCUT2D eigenvalue weighted by atomic mass is 35.5. The van der Waals surface area contributed by atoms with Crippen molar-refractivity contribution in [1.29, 1.82) is 0 Å². The van der Waals surface area contributed by atoms with Crippen LogP contribution in [0.3, 0.4) is 0 Å². The van der Waals surface area contributed by atoms with Crippen molar-refractivity contribution in [2.24, 2.45) is 17.3 Å². The van der Waals surface area contributed by atoms with Gasteiger partial charge >= 0.3 is 0 Å². The summed E-state index contributed by atoms with van der Waals surface area (Å²) in [7, 11) is 0. The molecule has 12 heavy (non-hydrogen) atoms. The lowest BCUT2D eigenvalue weighted by Crippen LogP contribution is -2.03. The van der Waals surface area contributed by atoms with Gasteiger partial charge in [0.1, 0.15) is 0 Å². The number of alkyl halides is 1. The van der Waals surface area contributed by atoms with Gasteiger partial charge in [-0.15, -0.1) is 11.6 Å². The Balaban J connectivity index is 1.92. The van der Waals surface area contributed by atoms with E-state index < -0.39 is 0 Å². The first kappa shape index (κ1) is 8.87. The zero-order valence-electron chi connectivity index (χ0n) is 7.98. The Morgan fingerprint density at radius 2 is 2.17 bits per heavy atom. The van der Waals surface area contributed by atoms with E-state index in [1.54, 1.807) is 0 Å². The third kappa shape index (κ3) is 1.51. The van der Waals surface area contributed by atoms with Crippen molar-refractivity contribution < 1.29 is 0 Å². The molecule has 0 amide bonds. The van der Waals surface area contributed by atoms with E-state index >= 15 is 0 Å². The van der Waals surface area contributed by atoms with Crippen LogP contribution in [0.15, 0.2) is 0 Å². The summed E-state index contributed by atoms with van der Waals surface area (Å²) in [6, 6.07) is 0. The highest BCUT2D eigenvalue weighted by molar-refractivity contribution is 6.18. The fourth-order valence-electron chi connectivity index (χ4n) is 2.87. The molecule has 2 saturated carbocycles. The zero-order chi connectivity index (χ0) is 8.60. The van der Waals surface area contributed by atoms with E-state index in [9.17, 15) is 0 Å². The number of rotatable bonds is 1. The third-order valence-electron chi connectivity index (χ3n) is 4.05. The molecule has 1 spiro atoms. The Bertz CT molecular complexity index is 166. The Kier molecular flexibility index (Phi) is 2.37. The molecule has 0 nitrogen and oxygen atoms in total. The lowest BCUT2D eigenvalue weighted by molar-refractivity contribution is 0.396. The van der Waals surface area contributed by atoms with Crippen molar-refractivity contribution in [1.82, 2.24) is 0 Å². The summed E-state index contributed by atoms with van der Waals surface area (Å²) in [6.45, 7) is 2.40. The van der Waals surface area contributed by atoms with Crippen molar-refractivity contribution in [3.05, 3.63) is 0 Å². The average molecular weight is 187 g/mol. The van der Waals surface area contributed by atoms with Gasteiger partial charge in [-0.2, -0.15) is 0 Å². The maximum atomic E-state index is 5.91. The molecule has 2 aliphatic carbocycles. The van der Waals surface area contributed by atoms with E-state index in [0.29, 0.717) is 0 Å². The topological polar surface area (TPSA) is 0 Å². The predicted molar refractivity (Wildman–Crippen MR) is 53.5 cm³/mol. The number of halogens is 1. The van der Waals surface area contributed by atoms with Gasteiger partial charge < -0.3 is 0 Å². The lowest BCUT2D eigenvalue weighted by Gasteiger charge is -2.12. The first-order chi connectivity index (χ1) is 5.77. The summed E-state index contributed by atoms with van der Waals surface area (Å²) in [5.74, 6) is 2.76. The third-order valence-corrected chi connectivity index (χ3v) is 4.42. The molecule has 2 aliphatic rings. The van der Waals surface area contributed by atoms with Crippen molar-refractivity contribution >= 4 is 11.6 Å². The second-order valence-electron chi connectivity index (χ2n) is 4.95. The van der Waals surface area contributed by atoms with Crippen LogP contribution in [0.4, 0.5) is 0 Å². The van der Waals surface area contributed by atoms with Gasteiger partial charge in [-0.05, 0) is 36.5 Å². The molecule has 0 aliphatic heterocycles. The summed E-state index contributed by atoms with van der Waals surface area (Å²) in [4.78, 5) is 0. The molecule has 70 valence electrons. The van der Waals surface area contributed by atoms with Gasteiger partial charge in [-0.25, -0.2) is 0 Å².